The van der Waals surface area contributed by atoms with Crippen molar-refractivity contribution in [2.24, 2.45) is 0 Å². The number of hydrogen-bond donors (Lipinski definition) is 1. The minimum atomic E-state index is -0.798. The Hall–Kier alpha value is -2.90. The van der Waals surface area contributed by atoms with Gasteiger partial charge in [-0.15, -0.1) is 0 Å². The predicted octanol–water partition coefficient (Wildman–Crippen LogP) is 1.37. The number of rotatable bonds is 6. The molecule has 8 heteroatoms. The Bertz CT molecular complexity index is 615. The summed E-state index contributed by atoms with van der Waals surface area (Å²) in [5.41, 5.74) is 0. The molecule has 2 aromatic rings. The monoisotopic (exact) mass is 294 g/mol. The molecule has 0 saturated carbocycles. The Morgan fingerprint density at radius 3 is 2.76 bits per heavy atom. The molecule has 1 aromatic carbocycles. The first kappa shape index (κ1) is 14.5. The molecule has 0 fully saturated rings. The predicted molar refractivity (Wildman–Crippen MR) is 68.0 cm³/mol. The van der Waals surface area contributed by atoms with Gasteiger partial charge in [0.2, 0.25) is 0 Å². The van der Waals surface area contributed by atoms with Crippen molar-refractivity contribution in [3.8, 4) is 5.75 Å². The number of amides is 1. The van der Waals surface area contributed by atoms with E-state index < -0.39 is 30.9 Å². The van der Waals surface area contributed by atoms with Gasteiger partial charge in [-0.3, -0.25) is 4.79 Å². The van der Waals surface area contributed by atoms with Crippen LogP contribution in [0.2, 0.25) is 0 Å². The average Bonchev–Trinajstić information content (AvgIpc) is 2.97. The quantitative estimate of drug-likeness (QED) is 0.809. The number of ether oxygens (including phenoxy) is 2. The van der Waals surface area contributed by atoms with Crippen LogP contribution in [0.3, 0.4) is 0 Å². The molecule has 110 valence electrons. The molecule has 1 heterocycles. The summed E-state index contributed by atoms with van der Waals surface area (Å²) in [4.78, 5) is 22.7. The molecule has 1 aromatic heterocycles. The third-order valence-corrected chi connectivity index (χ3v) is 2.25. The van der Waals surface area contributed by atoms with E-state index in [-0.39, 0.29) is 11.6 Å². The fourth-order valence-electron chi connectivity index (χ4n) is 1.34. The van der Waals surface area contributed by atoms with Gasteiger partial charge in [0.05, 0.1) is 0 Å². The maximum absolute atomic E-state index is 13.2. The number of nitrogens with one attached hydrogen (secondary N) is 1. The van der Waals surface area contributed by atoms with Crippen molar-refractivity contribution >= 4 is 17.7 Å². The van der Waals surface area contributed by atoms with E-state index in [2.05, 4.69) is 19.7 Å². The second kappa shape index (κ2) is 7.04. The van der Waals surface area contributed by atoms with Crippen LogP contribution in [-0.2, 0) is 14.3 Å². The number of esters is 1. The lowest BCUT2D eigenvalue weighted by Gasteiger charge is -2.07. The first-order valence-electron chi connectivity index (χ1n) is 5.88. The third-order valence-electron chi connectivity index (χ3n) is 2.25. The molecule has 0 radical (unpaired) electrons. The lowest BCUT2D eigenvalue weighted by Crippen LogP contribution is -2.23. The second-order valence-corrected chi connectivity index (χ2v) is 3.81. The Morgan fingerprint density at radius 1 is 1.24 bits per heavy atom. The lowest BCUT2D eigenvalue weighted by molar-refractivity contribution is -0.149. The van der Waals surface area contributed by atoms with Crippen LogP contribution in [0, 0.1) is 5.82 Å². The van der Waals surface area contributed by atoms with E-state index in [1.54, 1.807) is 6.07 Å². The normalized spacial score (nSPS) is 9.95. The van der Waals surface area contributed by atoms with Crippen LogP contribution in [0.15, 0.2) is 41.1 Å². The van der Waals surface area contributed by atoms with Gasteiger partial charge in [-0.25, -0.2) is 9.18 Å². The highest BCUT2D eigenvalue weighted by molar-refractivity contribution is 5.91. The number of aromatic nitrogens is 1. The van der Waals surface area contributed by atoms with E-state index in [9.17, 15) is 14.0 Å². The van der Waals surface area contributed by atoms with Crippen molar-refractivity contribution < 1.29 is 28.0 Å². The Balaban J connectivity index is 1.70. The van der Waals surface area contributed by atoms with Crippen molar-refractivity contribution in [2.75, 3.05) is 18.5 Å². The molecule has 0 unspecified atom stereocenters. The summed E-state index contributed by atoms with van der Waals surface area (Å²) in [6.07, 6.45) is 1.28. The number of nitrogens with zero attached hydrogens (tertiary/aromatic N) is 1. The highest BCUT2D eigenvalue weighted by Gasteiger charge is 2.11. The zero-order valence-electron chi connectivity index (χ0n) is 10.7. The molecular weight excluding hydrogens is 283 g/mol. The van der Waals surface area contributed by atoms with Gasteiger partial charge >= 0.3 is 5.97 Å². The molecule has 0 aliphatic carbocycles. The molecule has 1 N–H and O–H groups in total. The SMILES string of the molecule is O=C(COC(=O)COc1ccccc1F)Nc1ccon1. The highest BCUT2D eigenvalue weighted by atomic mass is 19.1. The van der Waals surface area contributed by atoms with Gasteiger partial charge in [-0.1, -0.05) is 17.3 Å². The van der Waals surface area contributed by atoms with E-state index >= 15 is 0 Å². The van der Waals surface area contributed by atoms with Crippen LogP contribution >= 0.6 is 0 Å². The summed E-state index contributed by atoms with van der Waals surface area (Å²) in [7, 11) is 0. The zero-order valence-corrected chi connectivity index (χ0v) is 10.7. The summed E-state index contributed by atoms with van der Waals surface area (Å²) >= 11 is 0. The van der Waals surface area contributed by atoms with E-state index in [4.69, 9.17) is 4.74 Å². The number of carbonyl (C=O) groups excluding carboxylic acids is 2. The van der Waals surface area contributed by atoms with E-state index in [1.807, 2.05) is 0 Å². The third kappa shape index (κ3) is 4.60. The molecule has 1 amide bonds. The van der Waals surface area contributed by atoms with Crippen molar-refractivity contribution in [3.05, 3.63) is 42.4 Å². The molecular formula is C13H11FN2O5. The van der Waals surface area contributed by atoms with Crippen molar-refractivity contribution in [1.29, 1.82) is 0 Å². The number of anilines is 1. The molecule has 0 aliphatic rings. The summed E-state index contributed by atoms with van der Waals surface area (Å²) in [5, 5.41) is 5.79. The smallest absolute Gasteiger partial charge is 0.344 e. The van der Waals surface area contributed by atoms with E-state index in [1.165, 1.54) is 30.5 Å². The summed E-state index contributed by atoms with van der Waals surface area (Å²) in [6.45, 7) is -1.01. The summed E-state index contributed by atoms with van der Waals surface area (Å²) in [6, 6.07) is 7.07. The van der Waals surface area contributed by atoms with Gasteiger partial charge in [0.15, 0.2) is 30.6 Å². The number of carbonyl (C=O) groups is 2. The molecule has 0 aliphatic heterocycles. The number of halogens is 1. The van der Waals surface area contributed by atoms with Crippen LogP contribution in [-0.4, -0.2) is 30.2 Å². The van der Waals surface area contributed by atoms with Gasteiger partial charge < -0.3 is 19.3 Å². The molecule has 0 atom stereocenters. The number of benzene rings is 1. The van der Waals surface area contributed by atoms with Gasteiger partial charge in [0, 0.05) is 6.07 Å². The summed E-state index contributed by atoms with van der Waals surface area (Å²) in [5.74, 6) is -1.83. The highest BCUT2D eigenvalue weighted by Crippen LogP contribution is 2.15. The first-order chi connectivity index (χ1) is 10.1. The van der Waals surface area contributed by atoms with Crippen LogP contribution < -0.4 is 10.1 Å². The standard InChI is InChI=1S/C13H11FN2O5/c14-9-3-1-2-4-10(9)19-8-13(18)20-7-12(17)15-11-5-6-21-16-11/h1-6H,7-8H2,(H,15,16,17). The first-order valence-corrected chi connectivity index (χ1v) is 5.88. The average molecular weight is 294 g/mol. The molecule has 0 bridgehead atoms. The van der Waals surface area contributed by atoms with Gasteiger partial charge in [-0.05, 0) is 12.1 Å². The van der Waals surface area contributed by atoms with Gasteiger partial charge in [0.1, 0.15) is 6.26 Å². The molecule has 21 heavy (non-hydrogen) atoms. The molecule has 0 spiro atoms. The van der Waals surface area contributed by atoms with Crippen LogP contribution in [0.4, 0.5) is 10.2 Å². The number of hydrogen-bond acceptors (Lipinski definition) is 6. The summed E-state index contributed by atoms with van der Waals surface area (Å²) < 4.78 is 27.3. The van der Waals surface area contributed by atoms with Crippen molar-refractivity contribution in [1.82, 2.24) is 5.16 Å². The zero-order chi connectivity index (χ0) is 15.1. The number of para-hydroxylation sites is 1. The minimum absolute atomic E-state index is 0.0681. The van der Waals surface area contributed by atoms with Gasteiger partial charge in [0.25, 0.3) is 5.91 Å². The Morgan fingerprint density at radius 2 is 2.05 bits per heavy atom. The molecule has 7 nitrogen and oxygen atoms in total. The van der Waals surface area contributed by atoms with E-state index in [0.717, 1.165) is 0 Å². The van der Waals surface area contributed by atoms with E-state index in [0.29, 0.717) is 0 Å². The van der Waals surface area contributed by atoms with Crippen LogP contribution in [0.25, 0.3) is 0 Å². The van der Waals surface area contributed by atoms with Gasteiger partial charge in [-0.2, -0.15) is 0 Å². The van der Waals surface area contributed by atoms with Crippen LogP contribution in [0.5, 0.6) is 5.75 Å². The lowest BCUT2D eigenvalue weighted by atomic mass is 10.3. The minimum Gasteiger partial charge on any atom is -0.479 e. The maximum Gasteiger partial charge on any atom is 0.344 e. The maximum atomic E-state index is 13.2. The topological polar surface area (TPSA) is 90.7 Å². The van der Waals surface area contributed by atoms with Crippen LogP contribution in [0.1, 0.15) is 0 Å². The largest absolute Gasteiger partial charge is 0.479 e. The Kier molecular flexibility index (Phi) is 4.86. The van der Waals surface area contributed by atoms with Crippen molar-refractivity contribution in [3.63, 3.8) is 0 Å². The second-order valence-electron chi connectivity index (χ2n) is 3.81. The molecule has 0 saturated heterocycles. The molecule has 2 rings (SSSR count). The fraction of sp³-hybridized carbons (Fsp3) is 0.154. The fourth-order valence-corrected chi connectivity index (χ4v) is 1.34. The Labute approximate surface area is 118 Å². The van der Waals surface area contributed by atoms with Crippen molar-refractivity contribution in [2.45, 2.75) is 0 Å².